The molecule has 0 bridgehead atoms. The Morgan fingerprint density at radius 1 is 1.26 bits per heavy atom. The van der Waals surface area contributed by atoms with Crippen molar-refractivity contribution in [2.45, 2.75) is 64.6 Å². The first-order chi connectivity index (χ1) is 11.1. The van der Waals surface area contributed by atoms with Gasteiger partial charge in [-0.2, -0.15) is 0 Å². The van der Waals surface area contributed by atoms with Crippen LogP contribution in [0.4, 0.5) is 0 Å². The van der Waals surface area contributed by atoms with Crippen LogP contribution in [0.1, 0.15) is 52.9 Å². The highest BCUT2D eigenvalue weighted by Crippen LogP contribution is 2.43. The maximum atomic E-state index is 5.85. The molecule has 1 aromatic rings. The monoisotopic (exact) mass is 320 g/mol. The summed E-state index contributed by atoms with van der Waals surface area (Å²) in [5.74, 6) is 3.07. The molecule has 4 nitrogen and oxygen atoms in total. The second kappa shape index (κ2) is 7.00. The first-order valence-corrected chi connectivity index (χ1v) is 8.81. The van der Waals surface area contributed by atoms with Crippen LogP contribution in [-0.4, -0.2) is 25.1 Å². The van der Waals surface area contributed by atoms with Gasteiger partial charge in [-0.15, -0.1) is 0 Å². The van der Waals surface area contributed by atoms with Crippen molar-refractivity contribution in [3.05, 3.63) is 18.2 Å². The van der Waals surface area contributed by atoms with Gasteiger partial charge in [0.05, 0.1) is 18.3 Å². The van der Waals surface area contributed by atoms with Crippen molar-refractivity contribution >= 4 is 0 Å². The summed E-state index contributed by atoms with van der Waals surface area (Å²) < 4.78 is 22.4. The Kier molecular flexibility index (Phi) is 5.00. The molecule has 3 unspecified atom stereocenters. The van der Waals surface area contributed by atoms with Gasteiger partial charge in [0.15, 0.2) is 11.5 Å². The van der Waals surface area contributed by atoms with Crippen molar-refractivity contribution in [2.24, 2.45) is 5.92 Å². The second-order valence-electron chi connectivity index (χ2n) is 7.00. The number of rotatable bonds is 9. The maximum Gasteiger partial charge on any atom is 0.231 e. The number of fused-ring (bicyclic) bond motifs is 1. The smallest absolute Gasteiger partial charge is 0.231 e. The highest BCUT2D eigenvalue weighted by molar-refractivity contribution is 5.46. The molecule has 3 atom stereocenters. The minimum Gasteiger partial charge on any atom is -0.493 e. The predicted octanol–water partition coefficient (Wildman–Crippen LogP) is 4.56. The van der Waals surface area contributed by atoms with Crippen LogP contribution in [-0.2, 0) is 4.74 Å². The molecule has 1 aromatic carbocycles. The van der Waals surface area contributed by atoms with E-state index in [0.29, 0.717) is 18.8 Å². The Morgan fingerprint density at radius 3 is 2.91 bits per heavy atom. The third kappa shape index (κ3) is 4.11. The standard InChI is InChI=1S/C19H28O4/c1-4-10-19(3)18(23-19)8-5-14(2)9-11-20-15-6-7-16-17(12-15)22-13-21-16/h6-7,12,14,18H,4-5,8-11,13H2,1-3H3. The fourth-order valence-corrected chi connectivity index (χ4v) is 3.30. The van der Waals surface area contributed by atoms with Gasteiger partial charge in [0.1, 0.15) is 5.75 Å². The molecule has 23 heavy (non-hydrogen) atoms. The lowest BCUT2D eigenvalue weighted by Crippen LogP contribution is -2.11. The Morgan fingerprint density at radius 2 is 2.09 bits per heavy atom. The Labute approximate surface area is 139 Å². The zero-order valence-corrected chi connectivity index (χ0v) is 14.5. The number of ether oxygens (including phenoxy) is 4. The van der Waals surface area contributed by atoms with Gasteiger partial charge in [-0.25, -0.2) is 0 Å². The average Bonchev–Trinajstić information content (AvgIpc) is 2.95. The zero-order chi connectivity index (χ0) is 16.3. The molecule has 0 N–H and O–H groups in total. The van der Waals surface area contributed by atoms with Crippen LogP contribution in [0.5, 0.6) is 17.2 Å². The summed E-state index contributed by atoms with van der Waals surface area (Å²) in [5.41, 5.74) is 0.164. The van der Waals surface area contributed by atoms with E-state index in [9.17, 15) is 0 Å². The molecule has 2 aliphatic heterocycles. The zero-order valence-electron chi connectivity index (χ0n) is 14.5. The molecular formula is C19H28O4. The molecule has 1 saturated heterocycles. The summed E-state index contributed by atoms with van der Waals surface area (Å²) in [6.07, 6.45) is 6.28. The van der Waals surface area contributed by atoms with Gasteiger partial charge in [0, 0.05) is 6.07 Å². The van der Waals surface area contributed by atoms with E-state index >= 15 is 0 Å². The first-order valence-electron chi connectivity index (χ1n) is 8.81. The Bertz CT molecular complexity index is 530. The van der Waals surface area contributed by atoms with Crippen LogP contribution in [0.15, 0.2) is 18.2 Å². The van der Waals surface area contributed by atoms with Crippen LogP contribution in [0.2, 0.25) is 0 Å². The summed E-state index contributed by atoms with van der Waals surface area (Å²) in [6, 6.07) is 5.74. The third-order valence-corrected chi connectivity index (χ3v) is 4.93. The normalized spacial score (nSPS) is 26.1. The van der Waals surface area contributed by atoms with Crippen LogP contribution in [0.25, 0.3) is 0 Å². The third-order valence-electron chi connectivity index (χ3n) is 4.93. The fourth-order valence-electron chi connectivity index (χ4n) is 3.30. The molecule has 0 spiro atoms. The first kappa shape index (κ1) is 16.4. The predicted molar refractivity (Wildman–Crippen MR) is 89.3 cm³/mol. The number of hydrogen-bond donors (Lipinski definition) is 0. The molecule has 128 valence electrons. The fraction of sp³-hybridized carbons (Fsp3) is 0.684. The molecule has 0 radical (unpaired) electrons. The molecule has 0 aromatic heterocycles. The lowest BCUT2D eigenvalue weighted by molar-refractivity contribution is 0.173. The molecule has 0 saturated carbocycles. The quantitative estimate of drug-likeness (QED) is 0.625. The van der Waals surface area contributed by atoms with Gasteiger partial charge in [-0.05, 0) is 50.7 Å². The molecule has 0 aliphatic carbocycles. The van der Waals surface area contributed by atoms with E-state index in [1.54, 1.807) is 0 Å². The highest BCUT2D eigenvalue weighted by atomic mass is 16.7. The summed E-state index contributed by atoms with van der Waals surface area (Å²) in [4.78, 5) is 0. The van der Waals surface area contributed by atoms with E-state index in [1.165, 1.54) is 25.7 Å². The van der Waals surface area contributed by atoms with Gasteiger partial charge in [0.2, 0.25) is 6.79 Å². The van der Waals surface area contributed by atoms with Crippen molar-refractivity contribution in [1.82, 2.24) is 0 Å². The SMILES string of the molecule is CCCC1(C)OC1CCC(C)CCOc1ccc2c(c1)OCO2. The van der Waals surface area contributed by atoms with Gasteiger partial charge in [0.25, 0.3) is 0 Å². The largest absolute Gasteiger partial charge is 0.493 e. The van der Waals surface area contributed by atoms with Gasteiger partial charge in [-0.1, -0.05) is 20.3 Å². The van der Waals surface area contributed by atoms with E-state index in [-0.39, 0.29) is 5.60 Å². The topological polar surface area (TPSA) is 40.2 Å². The second-order valence-corrected chi connectivity index (χ2v) is 7.00. The highest BCUT2D eigenvalue weighted by Gasteiger charge is 2.50. The number of epoxide rings is 1. The van der Waals surface area contributed by atoms with Crippen molar-refractivity contribution in [1.29, 1.82) is 0 Å². The van der Waals surface area contributed by atoms with Gasteiger partial charge in [-0.3, -0.25) is 0 Å². The minimum atomic E-state index is 0.164. The van der Waals surface area contributed by atoms with Crippen LogP contribution < -0.4 is 14.2 Å². The van der Waals surface area contributed by atoms with E-state index in [2.05, 4.69) is 20.8 Å². The van der Waals surface area contributed by atoms with E-state index in [0.717, 1.165) is 30.3 Å². The lowest BCUT2D eigenvalue weighted by Gasteiger charge is -2.12. The minimum absolute atomic E-state index is 0.164. The van der Waals surface area contributed by atoms with Crippen molar-refractivity contribution in [2.75, 3.05) is 13.4 Å². The molecule has 1 fully saturated rings. The number of hydrogen-bond acceptors (Lipinski definition) is 4. The van der Waals surface area contributed by atoms with E-state index in [4.69, 9.17) is 18.9 Å². The molecule has 2 aliphatic rings. The molecule has 2 heterocycles. The Hall–Kier alpha value is -1.42. The van der Waals surface area contributed by atoms with Crippen LogP contribution in [0.3, 0.4) is 0 Å². The van der Waals surface area contributed by atoms with Crippen molar-refractivity contribution in [3.63, 3.8) is 0 Å². The number of benzene rings is 1. The maximum absolute atomic E-state index is 5.85. The summed E-state index contributed by atoms with van der Waals surface area (Å²) in [7, 11) is 0. The van der Waals surface area contributed by atoms with E-state index < -0.39 is 0 Å². The molecule has 0 amide bonds. The average molecular weight is 320 g/mol. The van der Waals surface area contributed by atoms with Gasteiger partial charge < -0.3 is 18.9 Å². The molecule has 4 heteroatoms. The van der Waals surface area contributed by atoms with Crippen molar-refractivity contribution in [3.8, 4) is 17.2 Å². The summed E-state index contributed by atoms with van der Waals surface area (Å²) in [6.45, 7) is 7.80. The summed E-state index contributed by atoms with van der Waals surface area (Å²) in [5, 5.41) is 0. The van der Waals surface area contributed by atoms with Gasteiger partial charge >= 0.3 is 0 Å². The Balaban J connectivity index is 1.33. The summed E-state index contributed by atoms with van der Waals surface area (Å²) >= 11 is 0. The van der Waals surface area contributed by atoms with Crippen LogP contribution >= 0.6 is 0 Å². The van der Waals surface area contributed by atoms with Crippen LogP contribution in [0, 0.1) is 5.92 Å². The molecular weight excluding hydrogens is 292 g/mol. The van der Waals surface area contributed by atoms with Crippen molar-refractivity contribution < 1.29 is 18.9 Å². The lowest BCUT2D eigenvalue weighted by atomic mass is 9.94. The van der Waals surface area contributed by atoms with E-state index in [1.807, 2.05) is 18.2 Å². The molecule has 3 rings (SSSR count).